The van der Waals surface area contributed by atoms with Crippen molar-refractivity contribution in [3.8, 4) is 0 Å². The lowest BCUT2D eigenvalue weighted by atomic mass is 10.1. The van der Waals surface area contributed by atoms with Gasteiger partial charge in [-0.25, -0.2) is 0 Å². The van der Waals surface area contributed by atoms with Crippen LogP contribution < -0.4 is 8.97 Å². The summed E-state index contributed by atoms with van der Waals surface area (Å²) in [7, 11) is 0. The minimum atomic E-state index is 0.936. The number of fused-ring (bicyclic) bond motifs is 6. The van der Waals surface area contributed by atoms with E-state index >= 15 is 0 Å². The van der Waals surface area contributed by atoms with Crippen LogP contribution in [0.15, 0.2) is 58.8 Å². The predicted octanol–water partition coefficient (Wildman–Crippen LogP) is 3.38. The van der Waals surface area contributed by atoms with E-state index in [1.54, 1.807) is 0 Å². The van der Waals surface area contributed by atoms with Crippen molar-refractivity contribution in [2.45, 2.75) is 0 Å². The second-order valence-corrected chi connectivity index (χ2v) is 9.55. The van der Waals surface area contributed by atoms with Crippen LogP contribution in [0.1, 0.15) is 0 Å². The lowest BCUT2D eigenvalue weighted by Crippen LogP contribution is -2.68. The summed E-state index contributed by atoms with van der Waals surface area (Å²) in [5.41, 5.74) is 4.75. The van der Waals surface area contributed by atoms with Gasteiger partial charge in [0.1, 0.15) is 11.4 Å². The molecule has 0 unspecified atom stereocenters. The van der Waals surface area contributed by atoms with Gasteiger partial charge < -0.3 is 0 Å². The quantitative estimate of drug-likeness (QED) is 0.578. The molecule has 4 bridgehead atoms. The van der Waals surface area contributed by atoms with Crippen LogP contribution in [0.2, 0.25) is 0 Å². The van der Waals surface area contributed by atoms with Crippen molar-refractivity contribution in [1.82, 2.24) is 18.8 Å². The Kier molecular flexibility index (Phi) is 4.49. The monoisotopic (exact) mass is 404 g/mol. The molecule has 6 nitrogen and oxygen atoms in total. The highest BCUT2D eigenvalue weighted by Gasteiger charge is 2.41. The Morgan fingerprint density at radius 2 is 0.767 bits per heavy atom. The van der Waals surface area contributed by atoms with E-state index in [1.807, 2.05) is 0 Å². The molecule has 6 aliphatic heterocycles. The zero-order chi connectivity index (χ0) is 20.0. The molecule has 0 spiro atoms. The molecule has 0 aromatic heterocycles. The van der Waals surface area contributed by atoms with Gasteiger partial charge in [-0.1, -0.05) is 0 Å². The summed E-state index contributed by atoms with van der Waals surface area (Å²) in [6.07, 6.45) is 0. The number of hydrogen-bond acceptors (Lipinski definition) is 4. The molecule has 6 fully saturated rings. The molecule has 0 atom stereocenters. The van der Waals surface area contributed by atoms with Crippen molar-refractivity contribution in [2.24, 2.45) is 10.2 Å². The fourth-order valence-corrected chi connectivity index (χ4v) is 5.90. The van der Waals surface area contributed by atoms with Gasteiger partial charge in [0.25, 0.3) is 0 Å². The van der Waals surface area contributed by atoms with Crippen molar-refractivity contribution in [1.29, 1.82) is 0 Å². The third kappa shape index (κ3) is 3.19. The molecular weight excluding hydrogens is 372 g/mol. The number of piperazine rings is 6. The molecule has 8 rings (SSSR count). The molecule has 2 aromatic carbocycles. The largest absolute Gasteiger partial charge is 0.288 e. The fraction of sp³-hybridized carbons (Fsp3) is 0.500. The maximum absolute atomic E-state index is 4.51. The SMILES string of the molecule is c1cc([N+]23CCN(CC2)CC3)ccc1N=Nc1ccc([N+]23CCN(CC2)CC3)cc1. The molecule has 156 valence electrons. The van der Waals surface area contributed by atoms with Gasteiger partial charge in [-0.05, 0) is 24.3 Å². The average Bonchev–Trinajstić information content (AvgIpc) is 2.86. The van der Waals surface area contributed by atoms with Gasteiger partial charge in [0, 0.05) is 63.5 Å². The van der Waals surface area contributed by atoms with E-state index < -0.39 is 0 Å². The molecule has 30 heavy (non-hydrogen) atoms. The molecule has 6 aliphatic rings. The van der Waals surface area contributed by atoms with Gasteiger partial charge in [-0.15, -0.1) is 0 Å². The number of rotatable bonds is 4. The lowest BCUT2D eigenvalue weighted by Gasteiger charge is -2.50. The Labute approximate surface area is 179 Å². The molecule has 0 N–H and O–H groups in total. The maximum atomic E-state index is 4.51. The zero-order valence-corrected chi connectivity index (χ0v) is 17.8. The van der Waals surface area contributed by atoms with Crippen molar-refractivity contribution < 1.29 is 0 Å². The molecule has 0 amide bonds. The number of benzene rings is 2. The standard InChI is InChI=1S/C24H32N6/c1-5-23(29-15-9-27(10-16-29)11-17-29)6-2-21(1)25-26-22-3-7-24(8-4-22)30-18-12-28(13-19-30)14-20-30/h1-8H,9-20H2/q+2. The average molecular weight is 405 g/mol. The van der Waals surface area contributed by atoms with Crippen molar-refractivity contribution >= 4 is 22.7 Å². The first-order valence-electron chi connectivity index (χ1n) is 11.5. The van der Waals surface area contributed by atoms with Crippen molar-refractivity contribution in [3.63, 3.8) is 0 Å². The van der Waals surface area contributed by atoms with Crippen LogP contribution in [-0.4, -0.2) is 88.3 Å². The van der Waals surface area contributed by atoms with Crippen LogP contribution in [0.5, 0.6) is 0 Å². The van der Waals surface area contributed by atoms with Crippen LogP contribution in [0.25, 0.3) is 0 Å². The Morgan fingerprint density at radius 3 is 1.07 bits per heavy atom. The van der Waals surface area contributed by atoms with Crippen molar-refractivity contribution in [3.05, 3.63) is 48.5 Å². The van der Waals surface area contributed by atoms with E-state index in [9.17, 15) is 0 Å². The third-order valence-electron chi connectivity index (χ3n) is 8.14. The molecular formula is C24H32N6+2. The first-order chi connectivity index (χ1) is 14.7. The number of nitrogens with zero attached hydrogens (tertiary/aromatic N) is 6. The van der Waals surface area contributed by atoms with Gasteiger partial charge in [0.05, 0.1) is 50.6 Å². The molecule has 2 aromatic rings. The van der Waals surface area contributed by atoms with Gasteiger partial charge >= 0.3 is 0 Å². The van der Waals surface area contributed by atoms with Gasteiger partial charge in [0.2, 0.25) is 0 Å². The normalized spacial score (nSPS) is 35.2. The summed E-state index contributed by atoms with van der Waals surface area (Å²) >= 11 is 0. The minimum Gasteiger partial charge on any atom is -0.288 e. The van der Waals surface area contributed by atoms with E-state index in [4.69, 9.17) is 0 Å². The first-order valence-corrected chi connectivity index (χ1v) is 11.5. The van der Waals surface area contributed by atoms with Crippen LogP contribution in [-0.2, 0) is 0 Å². The minimum absolute atomic E-state index is 0.936. The third-order valence-corrected chi connectivity index (χ3v) is 8.14. The van der Waals surface area contributed by atoms with Crippen LogP contribution >= 0.6 is 0 Å². The predicted molar refractivity (Wildman–Crippen MR) is 123 cm³/mol. The Balaban J connectivity index is 1.15. The van der Waals surface area contributed by atoms with E-state index in [1.165, 1.54) is 89.9 Å². The highest BCUT2D eigenvalue weighted by molar-refractivity contribution is 5.53. The van der Waals surface area contributed by atoms with Crippen LogP contribution in [0.4, 0.5) is 22.7 Å². The van der Waals surface area contributed by atoms with Gasteiger partial charge in [-0.2, -0.15) is 10.2 Å². The van der Waals surface area contributed by atoms with E-state index in [-0.39, 0.29) is 0 Å². The Bertz CT molecular complexity index is 814. The second-order valence-electron chi connectivity index (χ2n) is 9.55. The smallest absolute Gasteiger partial charge is 0.133 e. The summed E-state index contributed by atoms with van der Waals surface area (Å²) in [6.45, 7) is 14.8. The molecule has 6 heteroatoms. The highest BCUT2D eigenvalue weighted by Crippen LogP contribution is 2.33. The summed E-state index contributed by atoms with van der Waals surface area (Å²) in [4.78, 5) is 5.17. The summed E-state index contributed by atoms with van der Waals surface area (Å²) < 4.78 is 2.29. The van der Waals surface area contributed by atoms with Gasteiger partial charge in [-0.3, -0.25) is 18.8 Å². The fourth-order valence-electron chi connectivity index (χ4n) is 5.90. The summed E-state index contributed by atoms with van der Waals surface area (Å²) in [6, 6.07) is 17.6. The zero-order valence-electron chi connectivity index (χ0n) is 17.8. The van der Waals surface area contributed by atoms with Crippen molar-refractivity contribution in [2.75, 3.05) is 78.5 Å². The Hall–Kier alpha value is -2.12. The summed E-state index contributed by atoms with van der Waals surface area (Å²) in [5, 5.41) is 9.01. The Morgan fingerprint density at radius 1 is 0.467 bits per heavy atom. The van der Waals surface area contributed by atoms with Crippen LogP contribution in [0.3, 0.4) is 0 Å². The molecule has 6 heterocycles. The summed E-state index contributed by atoms with van der Waals surface area (Å²) in [5.74, 6) is 0. The molecule has 0 aliphatic carbocycles. The molecule has 0 saturated carbocycles. The van der Waals surface area contributed by atoms with Gasteiger partial charge in [0.15, 0.2) is 0 Å². The molecule has 0 radical (unpaired) electrons. The van der Waals surface area contributed by atoms with E-state index in [2.05, 4.69) is 68.6 Å². The number of azo groups is 1. The topological polar surface area (TPSA) is 31.2 Å². The number of quaternary nitrogens is 2. The highest BCUT2D eigenvalue weighted by atomic mass is 15.5. The maximum Gasteiger partial charge on any atom is 0.133 e. The number of hydrogen-bond donors (Lipinski definition) is 0. The first kappa shape index (κ1) is 18.6. The van der Waals surface area contributed by atoms with Crippen LogP contribution in [0, 0.1) is 0 Å². The van der Waals surface area contributed by atoms with E-state index in [0.29, 0.717) is 0 Å². The molecule has 6 saturated heterocycles. The lowest BCUT2D eigenvalue weighted by molar-refractivity contribution is 0.0682. The second kappa shape index (κ2) is 7.24. The van der Waals surface area contributed by atoms with E-state index in [0.717, 1.165) is 20.3 Å².